The number of carbonyl (C=O) groups is 1. The van der Waals surface area contributed by atoms with Crippen LogP contribution in [0.1, 0.15) is 19.3 Å². The molecule has 0 aliphatic carbocycles. The van der Waals surface area contributed by atoms with Crippen LogP contribution in [0.2, 0.25) is 0 Å². The molecule has 1 fully saturated rings. The molecule has 21 heavy (non-hydrogen) atoms. The highest BCUT2D eigenvalue weighted by molar-refractivity contribution is 5.90. The van der Waals surface area contributed by atoms with Crippen molar-refractivity contribution in [2.24, 2.45) is 5.92 Å². The summed E-state index contributed by atoms with van der Waals surface area (Å²) < 4.78 is 39.8. The lowest BCUT2D eigenvalue weighted by Gasteiger charge is -2.11. The Morgan fingerprint density at radius 3 is 2.62 bits per heavy atom. The van der Waals surface area contributed by atoms with Crippen molar-refractivity contribution in [3.8, 4) is 5.75 Å². The van der Waals surface area contributed by atoms with Crippen molar-refractivity contribution in [1.29, 1.82) is 0 Å². The zero-order chi connectivity index (χ0) is 15.3. The molecule has 1 saturated heterocycles. The molecule has 2 rings (SSSR count). The summed E-state index contributed by atoms with van der Waals surface area (Å²) in [5, 5.41) is 5.89. The van der Waals surface area contributed by atoms with Gasteiger partial charge in [-0.05, 0) is 56.1 Å². The van der Waals surface area contributed by atoms with E-state index in [-0.39, 0.29) is 11.7 Å². The van der Waals surface area contributed by atoms with Crippen molar-refractivity contribution < 1.29 is 22.7 Å². The molecular formula is C14H17F3N2O2. The maximum absolute atomic E-state index is 12.0. The first kappa shape index (κ1) is 15.6. The maximum Gasteiger partial charge on any atom is 0.573 e. The van der Waals surface area contributed by atoms with E-state index in [9.17, 15) is 18.0 Å². The smallest absolute Gasteiger partial charge is 0.406 e. The van der Waals surface area contributed by atoms with Crippen LogP contribution in [0.4, 0.5) is 18.9 Å². The van der Waals surface area contributed by atoms with E-state index < -0.39 is 6.36 Å². The van der Waals surface area contributed by atoms with E-state index in [4.69, 9.17) is 0 Å². The number of nitrogens with one attached hydrogen (secondary N) is 2. The Labute approximate surface area is 120 Å². The number of hydrogen-bond acceptors (Lipinski definition) is 3. The van der Waals surface area contributed by atoms with Gasteiger partial charge in [-0.15, -0.1) is 13.2 Å². The Morgan fingerprint density at radius 2 is 2.05 bits per heavy atom. The van der Waals surface area contributed by atoms with Gasteiger partial charge in [0.2, 0.25) is 5.91 Å². The molecule has 1 aliphatic heterocycles. The van der Waals surface area contributed by atoms with Crippen LogP contribution in [0.15, 0.2) is 24.3 Å². The molecule has 7 heteroatoms. The number of anilines is 1. The first-order chi connectivity index (χ1) is 9.92. The second-order valence-corrected chi connectivity index (χ2v) is 5.02. The largest absolute Gasteiger partial charge is 0.573 e. The van der Waals surface area contributed by atoms with Crippen molar-refractivity contribution >= 4 is 11.6 Å². The average molecular weight is 302 g/mol. The van der Waals surface area contributed by atoms with Gasteiger partial charge in [0, 0.05) is 12.1 Å². The molecule has 1 atom stereocenters. The van der Waals surface area contributed by atoms with Crippen molar-refractivity contribution in [1.82, 2.24) is 5.32 Å². The van der Waals surface area contributed by atoms with Crippen molar-refractivity contribution in [3.63, 3.8) is 0 Å². The standard InChI is InChI=1S/C14H17F3N2O2/c15-14(16,17)21-12-4-2-11(3-5-12)19-13(20)6-1-10-7-8-18-9-10/h2-5,10,18H,1,6-9H2,(H,19,20). The predicted molar refractivity (Wildman–Crippen MR) is 72.0 cm³/mol. The molecule has 2 N–H and O–H groups in total. The molecule has 0 radical (unpaired) electrons. The molecule has 4 nitrogen and oxygen atoms in total. The van der Waals surface area contributed by atoms with Gasteiger partial charge in [-0.3, -0.25) is 4.79 Å². The molecule has 0 spiro atoms. The highest BCUT2D eigenvalue weighted by Gasteiger charge is 2.30. The van der Waals surface area contributed by atoms with Gasteiger partial charge in [-0.1, -0.05) is 0 Å². The lowest BCUT2D eigenvalue weighted by molar-refractivity contribution is -0.274. The van der Waals surface area contributed by atoms with Crippen LogP contribution in [-0.4, -0.2) is 25.4 Å². The number of hydrogen-bond donors (Lipinski definition) is 2. The minimum Gasteiger partial charge on any atom is -0.406 e. The Bertz CT molecular complexity index is 468. The second-order valence-electron chi connectivity index (χ2n) is 5.02. The molecule has 0 bridgehead atoms. The van der Waals surface area contributed by atoms with Crippen LogP contribution in [0.25, 0.3) is 0 Å². The Balaban J connectivity index is 1.78. The fourth-order valence-electron chi connectivity index (χ4n) is 2.26. The quantitative estimate of drug-likeness (QED) is 0.879. The average Bonchev–Trinajstić information content (AvgIpc) is 2.90. The Morgan fingerprint density at radius 1 is 1.33 bits per heavy atom. The number of halogens is 3. The van der Waals surface area contributed by atoms with Crippen LogP contribution in [0.5, 0.6) is 5.75 Å². The lowest BCUT2D eigenvalue weighted by atomic mass is 10.0. The summed E-state index contributed by atoms with van der Waals surface area (Å²) in [5.41, 5.74) is 0.457. The van der Waals surface area contributed by atoms with E-state index in [2.05, 4.69) is 15.4 Å². The van der Waals surface area contributed by atoms with Crippen LogP contribution >= 0.6 is 0 Å². The normalized spacial score (nSPS) is 18.5. The summed E-state index contributed by atoms with van der Waals surface area (Å²) in [6.07, 6.45) is -2.40. The van der Waals surface area contributed by atoms with Gasteiger partial charge in [0.1, 0.15) is 5.75 Å². The monoisotopic (exact) mass is 302 g/mol. The Kier molecular flexibility index (Phi) is 5.06. The first-order valence-electron chi connectivity index (χ1n) is 6.79. The van der Waals surface area contributed by atoms with Crippen molar-refractivity contribution in [3.05, 3.63) is 24.3 Å². The van der Waals surface area contributed by atoms with E-state index in [0.29, 0.717) is 18.0 Å². The van der Waals surface area contributed by atoms with Gasteiger partial charge in [-0.25, -0.2) is 0 Å². The molecule has 1 amide bonds. The van der Waals surface area contributed by atoms with Gasteiger partial charge in [0.25, 0.3) is 0 Å². The highest BCUT2D eigenvalue weighted by Crippen LogP contribution is 2.24. The summed E-state index contributed by atoms with van der Waals surface area (Å²) in [6.45, 7) is 1.93. The van der Waals surface area contributed by atoms with Crippen LogP contribution in [-0.2, 0) is 4.79 Å². The molecule has 1 unspecified atom stereocenters. The molecular weight excluding hydrogens is 285 g/mol. The Hall–Kier alpha value is -1.76. The minimum atomic E-state index is -4.71. The fraction of sp³-hybridized carbons (Fsp3) is 0.500. The number of amides is 1. The van der Waals surface area contributed by atoms with Crippen molar-refractivity contribution in [2.75, 3.05) is 18.4 Å². The number of alkyl halides is 3. The SMILES string of the molecule is O=C(CCC1CCNC1)Nc1ccc(OC(F)(F)F)cc1. The summed E-state index contributed by atoms with van der Waals surface area (Å²) in [4.78, 5) is 11.7. The van der Waals surface area contributed by atoms with Crippen LogP contribution < -0.4 is 15.4 Å². The van der Waals surface area contributed by atoms with Crippen molar-refractivity contribution in [2.45, 2.75) is 25.6 Å². The van der Waals surface area contributed by atoms with E-state index in [1.165, 1.54) is 24.3 Å². The molecule has 0 saturated carbocycles. The molecule has 0 aromatic heterocycles. The lowest BCUT2D eigenvalue weighted by Crippen LogP contribution is -2.17. The molecule has 116 valence electrons. The molecule has 1 heterocycles. The van der Waals surface area contributed by atoms with Gasteiger partial charge in [0.15, 0.2) is 0 Å². The predicted octanol–water partition coefficient (Wildman–Crippen LogP) is 2.91. The van der Waals surface area contributed by atoms with Gasteiger partial charge in [-0.2, -0.15) is 0 Å². The third-order valence-electron chi connectivity index (χ3n) is 3.31. The highest BCUT2D eigenvalue weighted by atomic mass is 19.4. The third-order valence-corrected chi connectivity index (χ3v) is 3.31. The zero-order valence-electron chi connectivity index (χ0n) is 11.4. The van der Waals surface area contributed by atoms with Gasteiger partial charge < -0.3 is 15.4 Å². The topological polar surface area (TPSA) is 50.4 Å². The third kappa shape index (κ3) is 5.63. The van der Waals surface area contributed by atoms with Crippen LogP contribution in [0.3, 0.4) is 0 Å². The summed E-state index contributed by atoms with van der Waals surface area (Å²) in [6, 6.07) is 5.11. The summed E-state index contributed by atoms with van der Waals surface area (Å²) >= 11 is 0. The van der Waals surface area contributed by atoms with Gasteiger partial charge in [0.05, 0.1) is 0 Å². The first-order valence-corrected chi connectivity index (χ1v) is 6.79. The number of benzene rings is 1. The number of ether oxygens (including phenoxy) is 1. The summed E-state index contributed by atoms with van der Waals surface area (Å²) in [5.74, 6) is 0.0854. The number of rotatable bonds is 5. The van der Waals surface area contributed by atoms with E-state index in [1.807, 2.05) is 0 Å². The zero-order valence-corrected chi connectivity index (χ0v) is 11.4. The molecule has 1 aliphatic rings. The number of carbonyl (C=O) groups excluding carboxylic acids is 1. The molecule has 1 aromatic rings. The van der Waals surface area contributed by atoms with E-state index in [0.717, 1.165) is 25.9 Å². The summed E-state index contributed by atoms with van der Waals surface area (Å²) in [7, 11) is 0. The van der Waals surface area contributed by atoms with E-state index in [1.54, 1.807) is 0 Å². The fourth-order valence-corrected chi connectivity index (χ4v) is 2.26. The minimum absolute atomic E-state index is 0.133. The molecule has 1 aromatic carbocycles. The second kappa shape index (κ2) is 6.80. The van der Waals surface area contributed by atoms with Crippen LogP contribution in [0, 0.1) is 5.92 Å². The maximum atomic E-state index is 12.0. The van der Waals surface area contributed by atoms with E-state index >= 15 is 0 Å². The van der Waals surface area contributed by atoms with Gasteiger partial charge >= 0.3 is 6.36 Å².